The highest BCUT2D eigenvalue weighted by atomic mass is 32.1. The van der Waals surface area contributed by atoms with Crippen molar-refractivity contribution in [3.05, 3.63) is 53.6 Å². The molecule has 1 aliphatic rings. The minimum Gasteiger partial charge on any atom is -0.345 e. The van der Waals surface area contributed by atoms with Crippen molar-refractivity contribution in [2.75, 3.05) is 42.9 Å². The van der Waals surface area contributed by atoms with Crippen LogP contribution in [-0.4, -0.2) is 48.5 Å². The Labute approximate surface area is 163 Å². The monoisotopic (exact) mass is 380 g/mol. The summed E-state index contributed by atoms with van der Waals surface area (Å²) in [4.78, 5) is 21.8. The van der Waals surface area contributed by atoms with Gasteiger partial charge in [0.25, 0.3) is 0 Å². The Kier molecular flexibility index (Phi) is 5.09. The van der Waals surface area contributed by atoms with E-state index in [0.29, 0.717) is 6.54 Å². The van der Waals surface area contributed by atoms with E-state index >= 15 is 0 Å². The molecule has 27 heavy (non-hydrogen) atoms. The second-order valence-corrected chi connectivity index (χ2v) is 8.05. The van der Waals surface area contributed by atoms with Crippen molar-refractivity contribution in [1.29, 1.82) is 0 Å². The highest BCUT2D eigenvalue weighted by Gasteiger charge is 2.21. The van der Waals surface area contributed by atoms with E-state index in [9.17, 15) is 4.79 Å². The average Bonchev–Trinajstić information content (AvgIpc) is 3.10. The molecule has 1 N–H and O–H groups in total. The van der Waals surface area contributed by atoms with Crippen LogP contribution in [-0.2, 0) is 4.79 Å². The Hall–Kier alpha value is -2.44. The Balaban J connectivity index is 1.33. The Bertz CT molecular complexity index is 906. The van der Waals surface area contributed by atoms with Crippen LogP contribution < -0.4 is 10.2 Å². The fourth-order valence-corrected chi connectivity index (χ4v) is 4.50. The molecule has 6 heteroatoms. The number of nitrogens with one attached hydrogen (secondary N) is 1. The molecular formula is C21H24N4OS. The van der Waals surface area contributed by atoms with Gasteiger partial charge < -0.3 is 10.2 Å². The second-order valence-electron chi connectivity index (χ2n) is 7.04. The first-order valence-electron chi connectivity index (χ1n) is 9.29. The van der Waals surface area contributed by atoms with Gasteiger partial charge >= 0.3 is 0 Å². The second kappa shape index (κ2) is 7.66. The quantitative estimate of drug-likeness (QED) is 0.750. The summed E-state index contributed by atoms with van der Waals surface area (Å²) in [7, 11) is 0. The average molecular weight is 381 g/mol. The molecule has 1 fully saturated rings. The van der Waals surface area contributed by atoms with E-state index in [2.05, 4.69) is 33.3 Å². The molecule has 0 bridgehead atoms. The maximum absolute atomic E-state index is 12.5. The molecule has 1 aromatic heterocycles. The lowest BCUT2D eigenvalue weighted by Gasteiger charge is -2.34. The van der Waals surface area contributed by atoms with Crippen LogP contribution >= 0.6 is 11.3 Å². The molecular weight excluding hydrogens is 356 g/mol. The molecule has 0 saturated carbocycles. The molecule has 0 spiro atoms. The van der Waals surface area contributed by atoms with E-state index in [1.807, 2.05) is 38.1 Å². The molecule has 4 rings (SSSR count). The van der Waals surface area contributed by atoms with E-state index < -0.39 is 0 Å². The van der Waals surface area contributed by atoms with Crippen molar-refractivity contribution in [3.63, 3.8) is 0 Å². The molecule has 2 aromatic carbocycles. The zero-order valence-electron chi connectivity index (χ0n) is 15.7. The lowest BCUT2D eigenvalue weighted by atomic mass is 10.1. The number of hydrogen-bond acceptors (Lipinski definition) is 5. The number of anilines is 2. The largest absolute Gasteiger partial charge is 0.345 e. The van der Waals surface area contributed by atoms with Gasteiger partial charge in [0.05, 0.1) is 16.8 Å². The van der Waals surface area contributed by atoms with Crippen LogP contribution in [0, 0.1) is 13.8 Å². The normalized spacial score (nSPS) is 15.3. The van der Waals surface area contributed by atoms with Crippen LogP contribution in [0.5, 0.6) is 0 Å². The minimum atomic E-state index is 0.0563. The summed E-state index contributed by atoms with van der Waals surface area (Å²) in [6, 6.07) is 14.3. The van der Waals surface area contributed by atoms with Gasteiger partial charge in [-0.2, -0.15) is 0 Å². The number of rotatable bonds is 4. The standard InChI is InChI=1S/C21H24N4OS/c1-15-6-5-7-16(2)20(15)23-19(26)14-24-10-12-25(13-11-24)21-22-17-8-3-4-9-18(17)27-21/h3-9H,10-14H2,1-2H3,(H,23,26). The number of fused-ring (bicyclic) bond motifs is 1. The van der Waals surface area contributed by atoms with Gasteiger partial charge in [0, 0.05) is 31.9 Å². The van der Waals surface area contributed by atoms with Crippen LogP contribution in [0.15, 0.2) is 42.5 Å². The summed E-state index contributed by atoms with van der Waals surface area (Å²) in [6.07, 6.45) is 0. The van der Waals surface area contributed by atoms with Gasteiger partial charge in [-0.25, -0.2) is 4.98 Å². The van der Waals surface area contributed by atoms with Crippen LogP contribution in [0.25, 0.3) is 10.2 Å². The van der Waals surface area contributed by atoms with Crippen molar-refractivity contribution in [2.24, 2.45) is 0 Å². The first-order valence-corrected chi connectivity index (χ1v) is 10.1. The number of carbonyl (C=O) groups excluding carboxylic acids is 1. The minimum absolute atomic E-state index is 0.0563. The van der Waals surface area contributed by atoms with Gasteiger partial charge in [0.2, 0.25) is 5.91 Å². The van der Waals surface area contributed by atoms with Crippen LogP contribution in [0.2, 0.25) is 0 Å². The summed E-state index contributed by atoms with van der Waals surface area (Å²) in [5, 5.41) is 4.16. The number of hydrogen-bond donors (Lipinski definition) is 1. The van der Waals surface area contributed by atoms with Crippen LogP contribution in [0.4, 0.5) is 10.8 Å². The highest BCUT2D eigenvalue weighted by Crippen LogP contribution is 2.29. The molecule has 1 amide bonds. The number of aromatic nitrogens is 1. The third kappa shape index (κ3) is 3.96. The molecule has 3 aromatic rings. The summed E-state index contributed by atoms with van der Waals surface area (Å²) >= 11 is 1.74. The lowest BCUT2D eigenvalue weighted by Crippen LogP contribution is -2.48. The predicted octanol–water partition coefficient (Wildman–Crippen LogP) is 3.67. The van der Waals surface area contributed by atoms with Crippen LogP contribution in [0.1, 0.15) is 11.1 Å². The smallest absolute Gasteiger partial charge is 0.238 e. The molecule has 0 radical (unpaired) electrons. The fraction of sp³-hybridized carbons (Fsp3) is 0.333. The Morgan fingerprint density at radius 2 is 1.74 bits per heavy atom. The van der Waals surface area contributed by atoms with Crippen LogP contribution in [0.3, 0.4) is 0 Å². The lowest BCUT2D eigenvalue weighted by molar-refractivity contribution is -0.117. The number of piperazine rings is 1. The summed E-state index contributed by atoms with van der Waals surface area (Å²) in [5.74, 6) is 0.0563. The van der Waals surface area contributed by atoms with Gasteiger partial charge in [0.1, 0.15) is 0 Å². The van der Waals surface area contributed by atoms with Gasteiger partial charge in [0.15, 0.2) is 5.13 Å². The van der Waals surface area contributed by atoms with Crippen molar-refractivity contribution in [2.45, 2.75) is 13.8 Å². The molecule has 5 nitrogen and oxygen atoms in total. The third-order valence-corrected chi connectivity index (χ3v) is 6.14. The van der Waals surface area contributed by atoms with E-state index in [0.717, 1.165) is 53.6 Å². The van der Waals surface area contributed by atoms with Crippen molar-refractivity contribution >= 4 is 38.3 Å². The number of benzene rings is 2. The number of para-hydroxylation sites is 2. The fourth-order valence-electron chi connectivity index (χ4n) is 3.49. The van der Waals surface area contributed by atoms with Gasteiger partial charge in [-0.15, -0.1) is 0 Å². The van der Waals surface area contributed by atoms with E-state index in [1.165, 1.54) is 4.70 Å². The van der Waals surface area contributed by atoms with E-state index in [-0.39, 0.29) is 5.91 Å². The van der Waals surface area contributed by atoms with E-state index in [4.69, 9.17) is 4.98 Å². The molecule has 2 heterocycles. The van der Waals surface area contributed by atoms with Crippen molar-refractivity contribution < 1.29 is 4.79 Å². The first kappa shape index (κ1) is 17.9. The Morgan fingerprint density at radius 3 is 2.44 bits per heavy atom. The molecule has 0 atom stereocenters. The maximum Gasteiger partial charge on any atom is 0.238 e. The molecule has 0 unspecified atom stereocenters. The summed E-state index contributed by atoms with van der Waals surface area (Å²) < 4.78 is 1.22. The Morgan fingerprint density at radius 1 is 1.04 bits per heavy atom. The number of aryl methyl sites for hydroxylation is 2. The van der Waals surface area contributed by atoms with Gasteiger partial charge in [-0.05, 0) is 37.1 Å². The number of carbonyl (C=O) groups is 1. The van der Waals surface area contributed by atoms with Gasteiger partial charge in [-0.3, -0.25) is 9.69 Å². The zero-order valence-corrected chi connectivity index (χ0v) is 16.6. The molecule has 140 valence electrons. The van der Waals surface area contributed by atoms with Crippen molar-refractivity contribution in [3.8, 4) is 0 Å². The predicted molar refractivity (Wildman–Crippen MR) is 113 cm³/mol. The summed E-state index contributed by atoms with van der Waals surface area (Å²) in [5.41, 5.74) is 4.21. The third-order valence-electron chi connectivity index (χ3n) is 5.04. The molecule has 0 aliphatic carbocycles. The van der Waals surface area contributed by atoms with Gasteiger partial charge in [-0.1, -0.05) is 41.7 Å². The molecule has 1 aliphatic heterocycles. The summed E-state index contributed by atoms with van der Waals surface area (Å²) in [6.45, 7) is 8.03. The number of amides is 1. The molecule has 1 saturated heterocycles. The number of thiazole rings is 1. The zero-order chi connectivity index (χ0) is 18.8. The van der Waals surface area contributed by atoms with E-state index in [1.54, 1.807) is 11.3 Å². The maximum atomic E-state index is 12.5. The SMILES string of the molecule is Cc1cccc(C)c1NC(=O)CN1CCN(c2nc3ccccc3s2)CC1. The first-order chi connectivity index (χ1) is 13.1. The van der Waals surface area contributed by atoms with Crippen molar-refractivity contribution in [1.82, 2.24) is 9.88 Å². The highest BCUT2D eigenvalue weighted by molar-refractivity contribution is 7.22. The topological polar surface area (TPSA) is 48.5 Å². The number of nitrogens with zero attached hydrogens (tertiary/aromatic N) is 3.